The van der Waals surface area contributed by atoms with E-state index in [1.807, 2.05) is 36.1 Å². The van der Waals surface area contributed by atoms with Crippen LogP contribution < -0.4 is 5.32 Å². The van der Waals surface area contributed by atoms with E-state index in [9.17, 15) is 9.59 Å². The van der Waals surface area contributed by atoms with Crippen LogP contribution in [0.2, 0.25) is 0 Å². The first-order valence-electron chi connectivity index (χ1n) is 7.00. The normalized spacial score (nSPS) is 20.8. The molecule has 2 unspecified atom stereocenters. The molecule has 1 amide bonds. The summed E-state index contributed by atoms with van der Waals surface area (Å²) >= 11 is 3.36. The minimum atomic E-state index is -0.778. The Morgan fingerprint density at radius 3 is 2.90 bits per heavy atom. The summed E-state index contributed by atoms with van der Waals surface area (Å²) in [7, 11) is 0. The lowest BCUT2D eigenvalue weighted by molar-refractivity contribution is -0.144. The van der Waals surface area contributed by atoms with E-state index in [1.165, 1.54) is 0 Å². The van der Waals surface area contributed by atoms with Gasteiger partial charge in [-0.3, -0.25) is 14.5 Å². The van der Waals surface area contributed by atoms with Gasteiger partial charge in [0.25, 0.3) is 0 Å². The van der Waals surface area contributed by atoms with Gasteiger partial charge < -0.3 is 10.4 Å². The maximum atomic E-state index is 12.3. The van der Waals surface area contributed by atoms with Crippen molar-refractivity contribution in [2.75, 3.05) is 18.4 Å². The number of amides is 1. The average Bonchev–Trinajstić information content (AvgIpc) is 2.46. The first-order chi connectivity index (χ1) is 9.97. The molecule has 2 atom stereocenters. The molecule has 0 aliphatic carbocycles. The first kappa shape index (κ1) is 16.0. The first-order valence-corrected chi connectivity index (χ1v) is 7.80. The second-order valence-corrected chi connectivity index (χ2v) is 6.26. The molecule has 114 valence electrons. The van der Waals surface area contributed by atoms with Crippen molar-refractivity contribution in [3.63, 3.8) is 0 Å². The van der Waals surface area contributed by atoms with Crippen LogP contribution in [0.4, 0.5) is 5.69 Å². The summed E-state index contributed by atoms with van der Waals surface area (Å²) in [4.78, 5) is 25.3. The van der Waals surface area contributed by atoms with Crippen LogP contribution >= 0.6 is 15.9 Å². The number of piperidine rings is 1. The fraction of sp³-hybridized carbons (Fsp3) is 0.467. The molecule has 1 aliphatic heterocycles. The Labute approximate surface area is 132 Å². The Morgan fingerprint density at radius 2 is 2.24 bits per heavy atom. The van der Waals surface area contributed by atoms with Crippen LogP contribution in [0.25, 0.3) is 0 Å². The molecule has 6 heteroatoms. The van der Waals surface area contributed by atoms with Gasteiger partial charge in [0, 0.05) is 16.7 Å². The van der Waals surface area contributed by atoms with E-state index >= 15 is 0 Å². The summed E-state index contributed by atoms with van der Waals surface area (Å²) in [6.07, 6.45) is 1.50. The van der Waals surface area contributed by atoms with Crippen molar-refractivity contribution >= 4 is 33.5 Å². The van der Waals surface area contributed by atoms with Crippen LogP contribution in [0.15, 0.2) is 28.7 Å². The number of rotatable bonds is 4. The minimum Gasteiger partial charge on any atom is -0.481 e. The van der Waals surface area contributed by atoms with Gasteiger partial charge in [0.1, 0.15) is 0 Å². The number of carboxylic acid groups (broad SMARTS) is 1. The average molecular weight is 355 g/mol. The largest absolute Gasteiger partial charge is 0.481 e. The van der Waals surface area contributed by atoms with Gasteiger partial charge in [-0.05, 0) is 44.5 Å². The molecule has 0 bridgehead atoms. The molecule has 0 saturated carbocycles. The molecule has 1 aliphatic rings. The third kappa shape index (κ3) is 4.28. The number of anilines is 1. The third-order valence-corrected chi connectivity index (χ3v) is 4.31. The Hall–Kier alpha value is -1.40. The van der Waals surface area contributed by atoms with E-state index in [0.717, 1.165) is 23.1 Å². The molecule has 1 saturated heterocycles. The van der Waals surface area contributed by atoms with Gasteiger partial charge in [-0.1, -0.05) is 22.0 Å². The zero-order valence-corrected chi connectivity index (χ0v) is 13.5. The van der Waals surface area contributed by atoms with Gasteiger partial charge in [0.2, 0.25) is 5.91 Å². The van der Waals surface area contributed by atoms with E-state index < -0.39 is 5.97 Å². The van der Waals surface area contributed by atoms with Crippen molar-refractivity contribution in [2.45, 2.75) is 25.8 Å². The quantitative estimate of drug-likeness (QED) is 0.871. The van der Waals surface area contributed by atoms with E-state index in [1.54, 1.807) is 0 Å². The van der Waals surface area contributed by atoms with Crippen LogP contribution in [0.1, 0.15) is 19.8 Å². The summed E-state index contributed by atoms with van der Waals surface area (Å²) in [5.41, 5.74) is 0.730. The topological polar surface area (TPSA) is 69.6 Å². The number of carbonyl (C=O) groups is 2. The number of nitrogens with one attached hydrogen (secondary N) is 1. The fourth-order valence-electron chi connectivity index (χ4n) is 2.54. The second kappa shape index (κ2) is 7.04. The molecule has 1 fully saturated rings. The summed E-state index contributed by atoms with van der Waals surface area (Å²) in [6.45, 7) is 3.01. The lowest BCUT2D eigenvalue weighted by Crippen LogP contribution is -2.48. The van der Waals surface area contributed by atoms with Crippen LogP contribution in [0.3, 0.4) is 0 Å². The zero-order chi connectivity index (χ0) is 15.4. The number of carbonyl (C=O) groups excluding carboxylic acids is 1. The Morgan fingerprint density at radius 1 is 1.48 bits per heavy atom. The smallest absolute Gasteiger partial charge is 0.307 e. The standard InChI is InChI=1S/C15H19BrN2O3/c1-10(18-7-3-4-11(9-18)15(20)21)14(19)17-13-6-2-5-12(16)8-13/h2,5-6,8,10-11H,3-4,7,9H2,1H3,(H,17,19)(H,20,21). The monoisotopic (exact) mass is 354 g/mol. The predicted molar refractivity (Wildman–Crippen MR) is 84.2 cm³/mol. The molecule has 21 heavy (non-hydrogen) atoms. The summed E-state index contributed by atoms with van der Waals surface area (Å²) in [6, 6.07) is 7.06. The predicted octanol–water partition coefficient (Wildman–Crippen LogP) is 2.57. The highest BCUT2D eigenvalue weighted by Gasteiger charge is 2.30. The van der Waals surface area contributed by atoms with Gasteiger partial charge in [-0.15, -0.1) is 0 Å². The van der Waals surface area contributed by atoms with E-state index in [0.29, 0.717) is 13.0 Å². The number of benzene rings is 1. The highest BCUT2D eigenvalue weighted by atomic mass is 79.9. The Bertz CT molecular complexity index is 535. The highest BCUT2D eigenvalue weighted by molar-refractivity contribution is 9.10. The maximum absolute atomic E-state index is 12.3. The molecule has 2 N–H and O–H groups in total. The van der Waals surface area contributed by atoms with Gasteiger partial charge in [-0.25, -0.2) is 0 Å². The molecule has 0 radical (unpaired) electrons. The van der Waals surface area contributed by atoms with Crippen LogP contribution in [-0.2, 0) is 9.59 Å². The molecular weight excluding hydrogens is 336 g/mol. The minimum absolute atomic E-state index is 0.112. The SMILES string of the molecule is CC(C(=O)Nc1cccc(Br)c1)N1CCCC(C(=O)O)C1. The van der Waals surface area contributed by atoms with Crippen LogP contribution in [0.5, 0.6) is 0 Å². The number of hydrogen-bond acceptors (Lipinski definition) is 3. The lowest BCUT2D eigenvalue weighted by atomic mass is 9.97. The van der Waals surface area contributed by atoms with Crippen LogP contribution in [-0.4, -0.2) is 41.0 Å². The van der Waals surface area contributed by atoms with Gasteiger partial charge in [0.05, 0.1) is 12.0 Å². The molecule has 0 aromatic heterocycles. The van der Waals surface area contributed by atoms with Crippen molar-refractivity contribution < 1.29 is 14.7 Å². The molecular formula is C15H19BrN2O3. The highest BCUT2D eigenvalue weighted by Crippen LogP contribution is 2.20. The molecule has 2 rings (SSSR count). The van der Waals surface area contributed by atoms with E-state index in [-0.39, 0.29) is 17.9 Å². The molecule has 1 aromatic carbocycles. The zero-order valence-electron chi connectivity index (χ0n) is 11.9. The molecule has 1 aromatic rings. The molecule has 5 nitrogen and oxygen atoms in total. The van der Waals surface area contributed by atoms with Crippen molar-refractivity contribution in [1.82, 2.24) is 4.90 Å². The van der Waals surface area contributed by atoms with Gasteiger partial charge >= 0.3 is 5.97 Å². The van der Waals surface area contributed by atoms with E-state index in [2.05, 4.69) is 21.2 Å². The number of nitrogens with zero attached hydrogens (tertiary/aromatic N) is 1. The number of aliphatic carboxylic acids is 1. The van der Waals surface area contributed by atoms with E-state index in [4.69, 9.17) is 5.11 Å². The number of halogens is 1. The molecule has 0 spiro atoms. The van der Waals surface area contributed by atoms with Crippen molar-refractivity contribution in [3.8, 4) is 0 Å². The fourth-order valence-corrected chi connectivity index (χ4v) is 2.94. The lowest BCUT2D eigenvalue weighted by Gasteiger charge is -2.34. The van der Waals surface area contributed by atoms with Crippen LogP contribution in [0, 0.1) is 5.92 Å². The van der Waals surface area contributed by atoms with Crippen molar-refractivity contribution in [3.05, 3.63) is 28.7 Å². The number of hydrogen-bond donors (Lipinski definition) is 2. The third-order valence-electron chi connectivity index (χ3n) is 3.82. The molecule has 1 heterocycles. The van der Waals surface area contributed by atoms with Crippen molar-refractivity contribution in [2.24, 2.45) is 5.92 Å². The Balaban J connectivity index is 1.97. The number of likely N-dealkylation sites (tertiary alicyclic amines) is 1. The summed E-state index contributed by atoms with van der Waals surface area (Å²) in [5, 5.41) is 12.0. The Kier molecular flexibility index (Phi) is 5.36. The van der Waals surface area contributed by atoms with Gasteiger partial charge in [0.15, 0.2) is 0 Å². The second-order valence-electron chi connectivity index (χ2n) is 5.35. The van der Waals surface area contributed by atoms with Gasteiger partial charge in [-0.2, -0.15) is 0 Å². The summed E-state index contributed by atoms with van der Waals surface area (Å²) < 4.78 is 0.900. The van der Waals surface area contributed by atoms with Crippen molar-refractivity contribution in [1.29, 1.82) is 0 Å². The summed E-state index contributed by atoms with van der Waals surface area (Å²) in [5.74, 6) is -1.27. The number of carboxylic acids is 1. The maximum Gasteiger partial charge on any atom is 0.307 e.